The summed E-state index contributed by atoms with van der Waals surface area (Å²) in [5.41, 5.74) is 0. The largest absolute Gasteiger partial charge is 0.381 e. The maximum absolute atomic E-state index is 5.46. The fourth-order valence-corrected chi connectivity index (χ4v) is 2.93. The molecule has 0 radical (unpaired) electrons. The molecule has 0 aromatic rings. The number of rotatable bonds is 1. The first-order valence-corrected chi connectivity index (χ1v) is 6.78. The molecule has 0 saturated carbocycles. The molecule has 0 bridgehead atoms. The van der Waals surface area contributed by atoms with E-state index in [1.807, 2.05) is 0 Å². The fourth-order valence-electron chi connectivity index (χ4n) is 2.93. The van der Waals surface area contributed by atoms with Crippen LogP contribution in [0.1, 0.15) is 26.7 Å². The van der Waals surface area contributed by atoms with Crippen molar-refractivity contribution in [2.75, 3.05) is 39.4 Å². The molecule has 2 fully saturated rings. The molecule has 0 aliphatic carbocycles. The summed E-state index contributed by atoms with van der Waals surface area (Å²) in [4.78, 5) is 2.72. The second-order valence-corrected chi connectivity index (χ2v) is 5.67. The van der Waals surface area contributed by atoms with Crippen LogP contribution in [0.3, 0.4) is 0 Å². The molecule has 2 rings (SSSR count). The van der Waals surface area contributed by atoms with Gasteiger partial charge >= 0.3 is 0 Å². The van der Waals surface area contributed by atoms with Crippen LogP contribution in [-0.4, -0.2) is 50.3 Å². The van der Waals surface area contributed by atoms with E-state index < -0.39 is 0 Å². The minimum Gasteiger partial charge on any atom is -0.381 e. The van der Waals surface area contributed by atoms with Crippen molar-refractivity contribution in [1.29, 1.82) is 0 Å². The third kappa shape index (κ3) is 3.44. The van der Waals surface area contributed by atoms with Gasteiger partial charge in [0.1, 0.15) is 0 Å². The van der Waals surface area contributed by atoms with E-state index in [1.54, 1.807) is 0 Å². The van der Waals surface area contributed by atoms with Crippen molar-refractivity contribution < 1.29 is 4.74 Å². The van der Waals surface area contributed by atoms with Crippen molar-refractivity contribution in [3.8, 4) is 0 Å². The van der Waals surface area contributed by atoms with Crippen molar-refractivity contribution >= 4 is 0 Å². The van der Waals surface area contributed by atoms with E-state index in [0.717, 1.165) is 31.1 Å². The van der Waals surface area contributed by atoms with Gasteiger partial charge in [0.15, 0.2) is 0 Å². The van der Waals surface area contributed by atoms with Crippen molar-refractivity contribution in [3.05, 3.63) is 0 Å². The van der Waals surface area contributed by atoms with Gasteiger partial charge in [-0.3, -0.25) is 4.90 Å². The molecule has 0 aromatic carbocycles. The summed E-state index contributed by atoms with van der Waals surface area (Å²) in [5.74, 6) is 1.55. The van der Waals surface area contributed by atoms with Gasteiger partial charge in [-0.15, -0.1) is 0 Å². The Bertz CT molecular complexity index is 192. The van der Waals surface area contributed by atoms with Crippen LogP contribution in [0.15, 0.2) is 0 Å². The molecular formula is C13H26N2O. The summed E-state index contributed by atoms with van der Waals surface area (Å²) < 4.78 is 5.46. The Morgan fingerprint density at radius 1 is 1.00 bits per heavy atom. The Morgan fingerprint density at radius 2 is 1.56 bits per heavy atom. The highest BCUT2D eigenvalue weighted by molar-refractivity contribution is 4.80. The lowest BCUT2D eigenvalue weighted by atomic mass is 10.00. The molecule has 1 N–H and O–H groups in total. The second kappa shape index (κ2) is 5.99. The highest BCUT2D eigenvalue weighted by Crippen LogP contribution is 2.18. The van der Waals surface area contributed by atoms with Gasteiger partial charge < -0.3 is 10.1 Å². The predicted octanol–water partition coefficient (Wildman–Crippen LogP) is 1.34. The van der Waals surface area contributed by atoms with Gasteiger partial charge in [0.2, 0.25) is 0 Å². The van der Waals surface area contributed by atoms with Crippen LogP contribution in [-0.2, 0) is 4.74 Å². The van der Waals surface area contributed by atoms with E-state index in [4.69, 9.17) is 4.74 Å². The van der Waals surface area contributed by atoms with Crippen LogP contribution >= 0.6 is 0 Å². The molecule has 2 unspecified atom stereocenters. The maximum Gasteiger partial charge on any atom is 0.0480 e. The number of hydrogen-bond acceptors (Lipinski definition) is 3. The highest BCUT2D eigenvalue weighted by Gasteiger charge is 2.25. The summed E-state index contributed by atoms with van der Waals surface area (Å²) in [6, 6.07) is 0.775. The minimum absolute atomic E-state index is 0.773. The van der Waals surface area contributed by atoms with E-state index in [1.165, 1.54) is 39.0 Å². The normalized spacial score (nSPS) is 35.6. The van der Waals surface area contributed by atoms with Gasteiger partial charge in [0, 0.05) is 32.3 Å². The summed E-state index contributed by atoms with van der Waals surface area (Å²) in [5, 5.41) is 3.56. The van der Waals surface area contributed by atoms with E-state index in [9.17, 15) is 0 Å². The van der Waals surface area contributed by atoms with Crippen LogP contribution in [0, 0.1) is 11.8 Å². The van der Waals surface area contributed by atoms with E-state index in [2.05, 4.69) is 24.1 Å². The topological polar surface area (TPSA) is 24.5 Å². The summed E-state index contributed by atoms with van der Waals surface area (Å²) in [6.45, 7) is 11.5. The Hall–Kier alpha value is -0.120. The first kappa shape index (κ1) is 12.3. The maximum atomic E-state index is 5.46. The standard InChI is InChI=1S/C13H26N2O/c1-11-7-14-8-12(2)10-15(9-11)13-3-5-16-6-4-13/h11-14H,3-10H2,1-2H3. The quantitative estimate of drug-likeness (QED) is 0.730. The smallest absolute Gasteiger partial charge is 0.0480 e. The van der Waals surface area contributed by atoms with E-state index in [-0.39, 0.29) is 0 Å². The molecule has 3 nitrogen and oxygen atoms in total. The number of nitrogens with one attached hydrogen (secondary N) is 1. The van der Waals surface area contributed by atoms with Gasteiger partial charge in [-0.25, -0.2) is 0 Å². The molecule has 0 aromatic heterocycles. The van der Waals surface area contributed by atoms with E-state index in [0.29, 0.717) is 0 Å². The van der Waals surface area contributed by atoms with Crippen LogP contribution in [0.25, 0.3) is 0 Å². The molecule has 16 heavy (non-hydrogen) atoms. The molecule has 2 atom stereocenters. The molecule has 2 aliphatic heterocycles. The molecule has 2 saturated heterocycles. The number of hydrogen-bond donors (Lipinski definition) is 1. The third-order valence-electron chi connectivity index (χ3n) is 3.79. The van der Waals surface area contributed by atoms with Crippen LogP contribution < -0.4 is 5.32 Å². The van der Waals surface area contributed by atoms with E-state index >= 15 is 0 Å². The zero-order valence-electron chi connectivity index (χ0n) is 10.7. The van der Waals surface area contributed by atoms with Gasteiger partial charge in [0.05, 0.1) is 0 Å². The zero-order valence-corrected chi connectivity index (χ0v) is 10.7. The Balaban J connectivity index is 1.92. The number of ether oxygens (including phenoxy) is 1. The van der Waals surface area contributed by atoms with Crippen molar-refractivity contribution in [2.24, 2.45) is 11.8 Å². The number of nitrogens with zero attached hydrogens (tertiary/aromatic N) is 1. The molecule has 94 valence electrons. The van der Waals surface area contributed by atoms with Crippen LogP contribution in [0.2, 0.25) is 0 Å². The Morgan fingerprint density at radius 3 is 2.12 bits per heavy atom. The fraction of sp³-hybridized carbons (Fsp3) is 1.00. The third-order valence-corrected chi connectivity index (χ3v) is 3.79. The van der Waals surface area contributed by atoms with Gasteiger partial charge in [-0.05, 0) is 37.8 Å². The minimum atomic E-state index is 0.773. The first-order valence-electron chi connectivity index (χ1n) is 6.78. The average molecular weight is 226 g/mol. The second-order valence-electron chi connectivity index (χ2n) is 5.67. The molecular weight excluding hydrogens is 200 g/mol. The molecule has 2 heterocycles. The van der Waals surface area contributed by atoms with Crippen molar-refractivity contribution in [3.63, 3.8) is 0 Å². The summed E-state index contributed by atoms with van der Waals surface area (Å²) in [6.07, 6.45) is 2.46. The van der Waals surface area contributed by atoms with Crippen molar-refractivity contribution in [1.82, 2.24) is 10.2 Å². The molecule has 0 spiro atoms. The lowest BCUT2D eigenvalue weighted by Gasteiger charge is -2.39. The van der Waals surface area contributed by atoms with Crippen LogP contribution in [0.4, 0.5) is 0 Å². The molecule has 2 aliphatic rings. The molecule has 0 amide bonds. The van der Waals surface area contributed by atoms with Crippen LogP contribution in [0.5, 0.6) is 0 Å². The summed E-state index contributed by atoms with van der Waals surface area (Å²) in [7, 11) is 0. The Kier molecular flexibility index (Phi) is 4.62. The van der Waals surface area contributed by atoms with Gasteiger partial charge in [-0.2, -0.15) is 0 Å². The predicted molar refractivity (Wildman–Crippen MR) is 66.6 cm³/mol. The SMILES string of the molecule is CC1CNCC(C)CN(C2CCOCC2)C1. The highest BCUT2D eigenvalue weighted by atomic mass is 16.5. The lowest BCUT2D eigenvalue weighted by Crippen LogP contribution is -2.48. The molecule has 3 heteroatoms. The average Bonchev–Trinajstić information content (AvgIpc) is 2.27. The lowest BCUT2D eigenvalue weighted by molar-refractivity contribution is 0.0211. The Labute approximate surface area is 99.5 Å². The first-order chi connectivity index (χ1) is 7.75. The van der Waals surface area contributed by atoms with Gasteiger partial charge in [-0.1, -0.05) is 13.8 Å². The zero-order chi connectivity index (χ0) is 11.4. The van der Waals surface area contributed by atoms with Crippen molar-refractivity contribution in [2.45, 2.75) is 32.7 Å². The van der Waals surface area contributed by atoms with Gasteiger partial charge in [0.25, 0.3) is 0 Å². The monoisotopic (exact) mass is 226 g/mol. The summed E-state index contributed by atoms with van der Waals surface area (Å²) >= 11 is 0.